The van der Waals surface area contributed by atoms with E-state index in [2.05, 4.69) is 0 Å². The molecule has 8 nitrogen and oxygen atoms in total. The molecule has 128 valence electrons. The molecule has 1 aromatic heterocycles. The van der Waals surface area contributed by atoms with E-state index < -0.39 is 24.4 Å². The van der Waals surface area contributed by atoms with E-state index in [0.29, 0.717) is 12.3 Å². The van der Waals surface area contributed by atoms with E-state index in [0.717, 1.165) is 29.1 Å². The van der Waals surface area contributed by atoms with Gasteiger partial charge >= 0.3 is 17.8 Å². The zero-order valence-electron chi connectivity index (χ0n) is 13.4. The van der Waals surface area contributed by atoms with Crippen LogP contribution in [0.1, 0.15) is 31.9 Å². The minimum Gasteiger partial charge on any atom is -0.467 e. The highest BCUT2D eigenvalue weighted by atomic mass is 16.3. The van der Waals surface area contributed by atoms with Crippen molar-refractivity contribution in [3.63, 3.8) is 0 Å². The Labute approximate surface area is 139 Å². The number of rotatable bonds is 4. The van der Waals surface area contributed by atoms with Gasteiger partial charge in [-0.1, -0.05) is 0 Å². The van der Waals surface area contributed by atoms with Gasteiger partial charge in [0.25, 0.3) is 0 Å². The normalized spacial score (nSPS) is 21.8. The summed E-state index contributed by atoms with van der Waals surface area (Å²) < 4.78 is 5.10. The molecule has 8 heteroatoms. The number of carbonyl (C=O) groups is 4. The Hall–Kier alpha value is -2.64. The summed E-state index contributed by atoms with van der Waals surface area (Å²) in [6, 6.07) is 2.53. The maximum absolute atomic E-state index is 12.4. The third kappa shape index (κ3) is 2.91. The van der Waals surface area contributed by atoms with Crippen molar-refractivity contribution < 1.29 is 23.6 Å². The topological polar surface area (TPSA) is 91.1 Å². The van der Waals surface area contributed by atoms with Crippen LogP contribution < -0.4 is 0 Å². The molecular weight excluding hydrogens is 314 g/mol. The standard InChI is InChI=1S/C16H19N3O5/c1-11-5-2-3-7-17(11)13(20)10-19-15(22)14(21)18(16(19)23)9-12-6-4-8-24-12/h4,6,8,11H,2-3,5,7,9-10H2,1H3/t11-/m1/s1. The minimum atomic E-state index is -0.968. The molecule has 0 saturated carbocycles. The Balaban J connectivity index is 1.69. The number of nitrogens with zero attached hydrogens (tertiary/aromatic N) is 3. The molecule has 0 aromatic carbocycles. The van der Waals surface area contributed by atoms with E-state index in [4.69, 9.17) is 4.42 Å². The van der Waals surface area contributed by atoms with Crippen LogP contribution in [0.2, 0.25) is 0 Å². The molecular formula is C16H19N3O5. The lowest BCUT2D eigenvalue weighted by Crippen LogP contribution is -2.48. The van der Waals surface area contributed by atoms with E-state index in [-0.39, 0.29) is 18.5 Å². The third-order valence-electron chi connectivity index (χ3n) is 4.45. The fourth-order valence-electron chi connectivity index (χ4n) is 3.08. The molecule has 2 saturated heterocycles. The molecule has 1 atom stereocenters. The zero-order valence-corrected chi connectivity index (χ0v) is 13.4. The Morgan fingerprint density at radius 2 is 1.96 bits per heavy atom. The van der Waals surface area contributed by atoms with Crippen LogP contribution in [0, 0.1) is 0 Å². The first kappa shape index (κ1) is 16.2. The van der Waals surface area contributed by atoms with Gasteiger partial charge in [-0.15, -0.1) is 0 Å². The van der Waals surface area contributed by atoms with Crippen molar-refractivity contribution >= 4 is 23.8 Å². The van der Waals surface area contributed by atoms with Crippen LogP contribution in [0.5, 0.6) is 0 Å². The maximum Gasteiger partial charge on any atom is 0.335 e. The van der Waals surface area contributed by atoms with E-state index in [9.17, 15) is 19.2 Å². The number of urea groups is 1. The molecule has 0 radical (unpaired) electrons. The lowest BCUT2D eigenvalue weighted by atomic mass is 10.0. The quantitative estimate of drug-likeness (QED) is 0.605. The molecule has 5 amide bonds. The van der Waals surface area contributed by atoms with Crippen LogP contribution in [-0.4, -0.2) is 57.6 Å². The summed E-state index contributed by atoms with van der Waals surface area (Å²) in [4.78, 5) is 52.0. The van der Waals surface area contributed by atoms with Crippen molar-refractivity contribution in [2.75, 3.05) is 13.1 Å². The Morgan fingerprint density at radius 1 is 1.21 bits per heavy atom. The molecule has 3 heterocycles. The molecule has 1 aromatic rings. The van der Waals surface area contributed by atoms with Crippen molar-refractivity contribution in [2.45, 2.75) is 38.8 Å². The van der Waals surface area contributed by atoms with E-state index in [1.807, 2.05) is 6.92 Å². The summed E-state index contributed by atoms with van der Waals surface area (Å²) in [6.07, 6.45) is 4.28. The van der Waals surface area contributed by atoms with Crippen molar-refractivity contribution in [1.29, 1.82) is 0 Å². The average molecular weight is 333 g/mol. The number of carbonyl (C=O) groups excluding carboxylic acids is 4. The molecule has 3 rings (SSSR count). The summed E-state index contributed by atoms with van der Waals surface area (Å²) in [7, 11) is 0. The fourth-order valence-corrected chi connectivity index (χ4v) is 3.08. The maximum atomic E-state index is 12.4. The molecule has 0 aliphatic carbocycles. The van der Waals surface area contributed by atoms with Crippen LogP contribution in [0.4, 0.5) is 4.79 Å². The zero-order chi connectivity index (χ0) is 17.3. The number of likely N-dealkylation sites (tertiary alicyclic amines) is 1. The van der Waals surface area contributed by atoms with Crippen molar-refractivity contribution in [1.82, 2.24) is 14.7 Å². The van der Waals surface area contributed by atoms with Gasteiger partial charge < -0.3 is 9.32 Å². The summed E-state index contributed by atoms with van der Waals surface area (Å²) in [5, 5.41) is 0. The summed E-state index contributed by atoms with van der Waals surface area (Å²) in [6.45, 7) is 2.03. The molecule has 24 heavy (non-hydrogen) atoms. The molecule has 0 bridgehead atoms. The first-order valence-corrected chi connectivity index (χ1v) is 7.98. The van der Waals surface area contributed by atoms with Gasteiger partial charge in [0.1, 0.15) is 12.3 Å². The number of imide groups is 2. The second-order valence-electron chi connectivity index (χ2n) is 6.08. The van der Waals surface area contributed by atoms with Crippen molar-refractivity contribution in [2.24, 2.45) is 0 Å². The van der Waals surface area contributed by atoms with E-state index in [1.165, 1.54) is 6.26 Å². The SMILES string of the molecule is C[C@@H]1CCCCN1C(=O)CN1C(=O)C(=O)N(Cc2ccco2)C1=O. The molecule has 2 aliphatic heterocycles. The van der Waals surface area contributed by atoms with Gasteiger partial charge in [0.15, 0.2) is 0 Å². The van der Waals surface area contributed by atoms with Crippen LogP contribution in [0.15, 0.2) is 22.8 Å². The number of piperidine rings is 1. The van der Waals surface area contributed by atoms with Crippen LogP contribution >= 0.6 is 0 Å². The smallest absolute Gasteiger partial charge is 0.335 e. The predicted octanol–water partition coefficient (Wildman–Crippen LogP) is 0.971. The van der Waals surface area contributed by atoms with Crippen LogP contribution in [0.25, 0.3) is 0 Å². The molecule has 0 spiro atoms. The largest absolute Gasteiger partial charge is 0.467 e. The summed E-state index contributed by atoms with van der Waals surface area (Å²) in [5.41, 5.74) is 0. The molecule has 2 aliphatic rings. The predicted molar refractivity (Wildman–Crippen MR) is 81.4 cm³/mol. The van der Waals surface area contributed by atoms with Crippen molar-refractivity contribution in [3.8, 4) is 0 Å². The number of furan rings is 1. The highest BCUT2D eigenvalue weighted by molar-refractivity contribution is 6.44. The van der Waals surface area contributed by atoms with E-state index in [1.54, 1.807) is 17.0 Å². The summed E-state index contributed by atoms with van der Waals surface area (Å²) >= 11 is 0. The number of hydrogen-bond donors (Lipinski definition) is 0. The Bertz CT molecular complexity index is 669. The first-order valence-electron chi connectivity index (χ1n) is 7.98. The minimum absolute atomic E-state index is 0.0778. The number of amides is 5. The van der Waals surface area contributed by atoms with Gasteiger partial charge in [0.2, 0.25) is 5.91 Å². The van der Waals surface area contributed by atoms with Gasteiger partial charge in [-0.25, -0.2) is 14.6 Å². The second-order valence-corrected chi connectivity index (χ2v) is 6.08. The fraction of sp³-hybridized carbons (Fsp3) is 0.500. The molecule has 2 fully saturated rings. The lowest BCUT2D eigenvalue weighted by molar-refractivity contribution is -0.145. The van der Waals surface area contributed by atoms with Gasteiger partial charge in [-0.05, 0) is 38.3 Å². The number of hydrogen-bond acceptors (Lipinski definition) is 5. The highest BCUT2D eigenvalue weighted by Gasteiger charge is 2.46. The van der Waals surface area contributed by atoms with Gasteiger partial charge in [-0.3, -0.25) is 14.4 Å². The Morgan fingerprint density at radius 3 is 2.62 bits per heavy atom. The monoisotopic (exact) mass is 333 g/mol. The Kier molecular flexibility index (Phi) is 4.37. The van der Waals surface area contributed by atoms with Crippen LogP contribution in [-0.2, 0) is 20.9 Å². The van der Waals surface area contributed by atoms with Gasteiger partial charge in [0.05, 0.1) is 12.8 Å². The average Bonchev–Trinajstić information content (AvgIpc) is 3.14. The van der Waals surface area contributed by atoms with E-state index >= 15 is 0 Å². The highest BCUT2D eigenvalue weighted by Crippen LogP contribution is 2.19. The van der Waals surface area contributed by atoms with Crippen LogP contribution in [0.3, 0.4) is 0 Å². The molecule has 0 N–H and O–H groups in total. The van der Waals surface area contributed by atoms with Gasteiger partial charge in [-0.2, -0.15) is 0 Å². The summed E-state index contributed by atoms with van der Waals surface area (Å²) in [5.74, 6) is -1.82. The first-order chi connectivity index (χ1) is 11.5. The molecule has 0 unspecified atom stereocenters. The third-order valence-corrected chi connectivity index (χ3v) is 4.45. The van der Waals surface area contributed by atoms with Gasteiger partial charge in [0, 0.05) is 12.6 Å². The second kappa shape index (κ2) is 6.46. The van der Waals surface area contributed by atoms with Crippen molar-refractivity contribution in [3.05, 3.63) is 24.2 Å². The lowest BCUT2D eigenvalue weighted by Gasteiger charge is -2.34.